The molecule has 1 aliphatic rings. The van der Waals surface area contributed by atoms with Gasteiger partial charge in [0, 0.05) is 18.7 Å². The van der Waals surface area contributed by atoms with Crippen LogP contribution in [0.3, 0.4) is 0 Å². The number of hydrogen-bond donors (Lipinski definition) is 2. The van der Waals surface area contributed by atoms with Crippen LogP contribution in [-0.4, -0.2) is 12.5 Å². The van der Waals surface area contributed by atoms with Gasteiger partial charge in [-0.25, -0.2) is 0 Å². The zero-order valence-electron chi connectivity index (χ0n) is 9.68. The first-order chi connectivity index (χ1) is 7.79. The Morgan fingerprint density at radius 1 is 1.38 bits per heavy atom. The van der Waals surface area contributed by atoms with Crippen LogP contribution in [0.4, 0.5) is 5.69 Å². The Hall–Kier alpha value is -1.35. The average Bonchev–Trinajstić information content (AvgIpc) is 2.29. The van der Waals surface area contributed by atoms with Gasteiger partial charge >= 0.3 is 0 Å². The van der Waals surface area contributed by atoms with E-state index in [1.54, 1.807) is 0 Å². The number of nitrogens with one attached hydrogen (secondary N) is 2. The molecule has 2 rings (SSSR count). The molecule has 0 fully saturated rings. The number of hydrogen-bond acceptors (Lipinski definition) is 2. The smallest absolute Gasteiger partial charge is 0.224 e. The molecule has 3 nitrogen and oxygen atoms in total. The van der Waals surface area contributed by atoms with Crippen LogP contribution < -0.4 is 10.6 Å². The Morgan fingerprint density at radius 2 is 2.25 bits per heavy atom. The first kappa shape index (κ1) is 11.1. The van der Waals surface area contributed by atoms with Gasteiger partial charge in [0.2, 0.25) is 5.91 Å². The van der Waals surface area contributed by atoms with Crippen molar-refractivity contribution in [3.63, 3.8) is 0 Å². The summed E-state index contributed by atoms with van der Waals surface area (Å²) in [5.41, 5.74) is 3.54. The van der Waals surface area contributed by atoms with Crippen LogP contribution in [-0.2, 0) is 17.8 Å². The fourth-order valence-electron chi connectivity index (χ4n) is 1.96. The molecule has 1 aromatic carbocycles. The Morgan fingerprint density at radius 3 is 3.06 bits per heavy atom. The molecule has 0 saturated carbocycles. The molecular weight excluding hydrogens is 200 g/mol. The van der Waals surface area contributed by atoms with Crippen molar-refractivity contribution in [2.75, 3.05) is 11.9 Å². The van der Waals surface area contributed by atoms with E-state index in [0.717, 1.165) is 31.6 Å². The average molecular weight is 218 g/mol. The molecule has 0 aliphatic carbocycles. The Balaban J connectivity index is 2.04. The molecule has 0 spiro atoms. The minimum atomic E-state index is 0.129. The van der Waals surface area contributed by atoms with Crippen LogP contribution in [0.5, 0.6) is 0 Å². The molecule has 1 heterocycles. The van der Waals surface area contributed by atoms with Crippen LogP contribution in [0, 0.1) is 0 Å². The lowest BCUT2D eigenvalue weighted by molar-refractivity contribution is -0.116. The molecule has 0 unspecified atom stereocenters. The van der Waals surface area contributed by atoms with Crippen molar-refractivity contribution in [3.8, 4) is 0 Å². The molecule has 0 aromatic heterocycles. The van der Waals surface area contributed by atoms with E-state index in [1.807, 2.05) is 6.07 Å². The lowest BCUT2D eigenvalue weighted by Crippen LogP contribution is -2.19. The summed E-state index contributed by atoms with van der Waals surface area (Å²) in [4.78, 5) is 11.2. The second-order valence-corrected chi connectivity index (χ2v) is 4.22. The maximum atomic E-state index is 11.2. The highest BCUT2D eigenvalue weighted by Gasteiger charge is 2.14. The van der Waals surface area contributed by atoms with E-state index in [4.69, 9.17) is 0 Å². The highest BCUT2D eigenvalue weighted by atomic mass is 16.1. The van der Waals surface area contributed by atoms with Gasteiger partial charge in [-0.05, 0) is 36.6 Å². The van der Waals surface area contributed by atoms with Crippen LogP contribution in [0.25, 0.3) is 0 Å². The largest absolute Gasteiger partial charge is 0.326 e. The monoisotopic (exact) mass is 218 g/mol. The van der Waals surface area contributed by atoms with Crippen LogP contribution >= 0.6 is 0 Å². The van der Waals surface area contributed by atoms with Crippen molar-refractivity contribution >= 4 is 11.6 Å². The van der Waals surface area contributed by atoms with Gasteiger partial charge in [0.25, 0.3) is 0 Å². The standard InChI is InChI=1S/C13H18N2O/c1-2-7-14-9-10-3-5-12-11(8-10)4-6-13(16)15-12/h3,5,8,14H,2,4,6-7,9H2,1H3,(H,15,16). The molecule has 86 valence electrons. The van der Waals surface area contributed by atoms with Crippen molar-refractivity contribution in [2.45, 2.75) is 32.7 Å². The van der Waals surface area contributed by atoms with E-state index in [-0.39, 0.29) is 5.91 Å². The van der Waals surface area contributed by atoms with Crippen molar-refractivity contribution in [1.82, 2.24) is 5.32 Å². The summed E-state index contributed by atoms with van der Waals surface area (Å²) in [7, 11) is 0. The normalized spacial score (nSPS) is 14.4. The molecule has 3 heteroatoms. The second kappa shape index (κ2) is 5.12. The zero-order chi connectivity index (χ0) is 11.4. The maximum Gasteiger partial charge on any atom is 0.224 e. The summed E-state index contributed by atoms with van der Waals surface area (Å²) < 4.78 is 0. The third kappa shape index (κ3) is 2.61. The summed E-state index contributed by atoms with van der Waals surface area (Å²) in [6, 6.07) is 6.28. The van der Waals surface area contributed by atoms with E-state index in [9.17, 15) is 4.79 Å². The molecule has 0 saturated heterocycles. The van der Waals surface area contributed by atoms with Gasteiger partial charge in [-0.3, -0.25) is 4.79 Å². The lowest BCUT2D eigenvalue weighted by Gasteiger charge is -2.17. The summed E-state index contributed by atoms with van der Waals surface area (Å²) in [5, 5.41) is 6.27. The van der Waals surface area contributed by atoms with E-state index in [1.165, 1.54) is 11.1 Å². The number of amides is 1. The van der Waals surface area contributed by atoms with Crippen molar-refractivity contribution in [3.05, 3.63) is 29.3 Å². The second-order valence-electron chi connectivity index (χ2n) is 4.22. The van der Waals surface area contributed by atoms with Crippen molar-refractivity contribution in [2.24, 2.45) is 0 Å². The van der Waals surface area contributed by atoms with E-state index in [2.05, 4.69) is 29.7 Å². The fourth-order valence-corrected chi connectivity index (χ4v) is 1.96. The SMILES string of the molecule is CCCNCc1ccc2c(c1)CCC(=O)N2. The molecular formula is C13H18N2O. The van der Waals surface area contributed by atoms with E-state index >= 15 is 0 Å². The zero-order valence-corrected chi connectivity index (χ0v) is 9.68. The summed E-state index contributed by atoms with van der Waals surface area (Å²) in [6.07, 6.45) is 2.63. The first-order valence-corrected chi connectivity index (χ1v) is 5.92. The van der Waals surface area contributed by atoms with E-state index < -0.39 is 0 Å². The third-order valence-electron chi connectivity index (χ3n) is 2.82. The highest BCUT2D eigenvalue weighted by molar-refractivity contribution is 5.93. The van der Waals surface area contributed by atoms with Gasteiger partial charge in [0.15, 0.2) is 0 Å². The van der Waals surface area contributed by atoms with Gasteiger partial charge in [0.05, 0.1) is 0 Å². The molecule has 0 bridgehead atoms. The number of rotatable bonds is 4. The maximum absolute atomic E-state index is 11.2. The molecule has 1 aliphatic heterocycles. The van der Waals surface area contributed by atoms with Crippen LogP contribution in [0.2, 0.25) is 0 Å². The predicted molar refractivity (Wildman–Crippen MR) is 65.4 cm³/mol. The fraction of sp³-hybridized carbons (Fsp3) is 0.462. The Labute approximate surface area is 96.2 Å². The number of carbonyl (C=O) groups is 1. The quantitative estimate of drug-likeness (QED) is 0.760. The molecule has 0 atom stereocenters. The van der Waals surface area contributed by atoms with Crippen molar-refractivity contribution < 1.29 is 4.79 Å². The Bertz CT molecular complexity index is 388. The summed E-state index contributed by atoms with van der Waals surface area (Å²) in [6.45, 7) is 4.12. The topological polar surface area (TPSA) is 41.1 Å². The van der Waals surface area contributed by atoms with Gasteiger partial charge < -0.3 is 10.6 Å². The van der Waals surface area contributed by atoms with Crippen LogP contribution in [0.15, 0.2) is 18.2 Å². The Kier molecular flexibility index (Phi) is 3.57. The molecule has 1 aromatic rings. The minimum Gasteiger partial charge on any atom is -0.326 e. The summed E-state index contributed by atoms with van der Waals surface area (Å²) >= 11 is 0. The minimum absolute atomic E-state index is 0.129. The number of aryl methyl sites for hydroxylation is 1. The molecule has 2 N–H and O–H groups in total. The summed E-state index contributed by atoms with van der Waals surface area (Å²) in [5.74, 6) is 0.129. The van der Waals surface area contributed by atoms with Crippen LogP contribution in [0.1, 0.15) is 30.9 Å². The lowest BCUT2D eigenvalue weighted by atomic mass is 10.0. The number of carbonyl (C=O) groups excluding carboxylic acids is 1. The molecule has 1 amide bonds. The molecule has 16 heavy (non-hydrogen) atoms. The number of fused-ring (bicyclic) bond motifs is 1. The third-order valence-corrected chi connectivity index (χ3v) is 2.82. The first-order valence-electron chi connectivity index (χ1n) is 5.92. The number of anilines is 1. The van der Waals surface area contributed by atoms with Gasteiger partial charge in [-0.15, -0.1) is 0 Å². The predicted octanol–water partition coefficient (Wildman–Crippen LogP) is 2.07. The highest BCUT2D eigenvalue weighted by Crippen LogP contribution is 2.23. The number of benzene rings is 1. The van der Waals surface area contributed by atoms with Gasteiger partial charge in [-0.1, -0.05) is 19.1 Å². The van der Waals surface area contributed by atoms with Crippen molar-refractivity contribution in [1.29, 1.82) is 0 Å². The van der Waals surface area contributed by atoms with Gasteiger partial charge in [0.1, 0.15) is 0 Å². The van der Waals surface area contributed by atoms with E-state index in [0.29, 0.717) is 6.42 Å². The van der Waals surface area contributed by atoms with Gasteiger partial charge in [-0.2, -0.15) is 0 Å². The molecule has 0 radical (unpaired) electrons.